The van der Waals surface area contributed by atoms with E-state index in [9.17, 15) is 4.79 Å². The molecule has 2 aromatic rings. The molecule has 0 N–H and O–H groups in total. The highest BCUT2D eigenvalue weighted by Crippen LogP contribution is 2.34. The zero-order valence-corrected chi connectivity index (χ0v) is 21.4. The van der Waals surface area contributed by atoms with Gasteiger partial charge in [0.1, 0.15) is 0 Å². The summed E-state index contributed by atoms with van der Waals surface area (Å²) in [6.45, 7) is 15.5. The minimum Gasteiger partial charge on any atom is -0.369 e. The molecule has 0 aromatic heterocycles. The van der Waals surface area contributed by atoms with Crippen molar-refractivity contribution in [3.8, 4) is 0 Å². The van der Waals surface area contributed by atoms with Crippen LogP contribution >= 0.6 is 0 Å². The van der Waals surface area contributed by atoms with Gasteiger partial charge in [0.25, 0.3) is 5.91 Å². The molecule has 0 atom stereocenters. The van der Waals surface area contributed by atoms with Crippen LogP contribution in [0, 0.1) is 0 Å². The number of hydrogen-bond acceptors (Lipinski definition) is 4. The monoisotopic (exact) mass is 488 g/mol. The van der Waals surface area contributed by atoms with Crippen LogP contribution in [-0.2, 0) is 0 Å². The Kier molecular flexibility index (Phi) is 7.18. The van der Waals surface area contributed by atoms with E-state index in [1.165, 1.54) is 5.70 Å². The Morgan fingerprint density at radius 3 is 2.46 bits per heavy atom. The summed E-state index contributed by atoms with van der Waals surface area (Å²) in [6.07, 6.45) is 10.2. The third kappa shape index (κ3) is 5.49. The van der Waals surface area contributed by atoms with E-state index in [4.69, 9.17) is 4.99 Å². The molecule has 1 saturated heterocycles. The van der Waals surface area contributed by atoms with Crippen LogP contribution in [0.15, 0.2) is 114 Å². The van der Waals surface area contributed by atoms with Crippen molar-refractivity contribution in [1.82, 2.24) is 9.80 Å². The summed E-state index contributed by atoms with van der Waals surface area (Å²) < 4.78 is 0. The van der Waals surface area contributed by atoms with Gasteiger partial charge in [0.05, 0.1) is 23.6 Å². The van der Waals surface area contributed by atoms with Crippen LogP contribution in [0.1, 0.15) is 22.8 Å². The first kappa shape index (κ1) is 24.5. The number of rotatable bonds is 6. The van der Waals surface area contributed by atoms with Gasteiger partial charge in [-0.05, 0) is 72.2 Å². The molecule has 2 heterocycles. The zero-order valence-electron chi connectivity index (χ0n) is 21.4. The number of anilines is 1. The van der Waals surface area contributed by atoms with Crippen molar-refractivity contribution in [3.63, 3.8) is 0 Å². The zero-order chi connectivity index (χ0) is 25.8. The Balaban J connectivity index is 1.21. The van der Waals surface area contributed by atoms with Crippen molar-refractivity contribution in [1.29, 1.82) is 0 Å². The highest BCUT2D eigenvalue weighted by molar-refractivity contribution is 6.16. The van der Waals surface area contributed by atoms with Gasteiger partial charge in [-0.2, -0.15) is 0 Å². The SMILES string of the molecule is C=C(C)C1=Nc2ccccc2N(C(=O)c2ccc(C(=C)CN3CCN(C4=CC=C=CC=C4)CC3)cc2)C1. The van der Waals surface area contributed by atoms with Gasteiger partial charge in [0, 0.05) is 44.0 Å². The van der Waals surface area contributed by atoms with Gasteiger partial charge in [-0.25, -0.2) is 4.99 Å². The second kappa shape index (κ2) is 10.8. The van der Waals surface area contributed by atoms with Crippen LogP contribution in [0.3, 0.4) is 0 Å². The Morgan fingerprint density at radius 1 is 0.973 bits per heavy atom. The van der Waals surface area contributed by atoms with Gasteiger partial charge in [0.15, 0.2) is 0 Å². The molecule has 1 fully saturated rings. The predicted molar refractivity (Wildman–Crippen MR) is 153 cm³/mol. The molecule has 0 spiro atoms. The summed E-state index contributed by atoms with van der Waals surface area (Å²) in [7, 11) is 0. The number of aliphatic imine (C=N–C) groups is 1. The van der Waals surface area contributed by atoms with E-state index in [0.29, 0.717) is 12.1 Å². The van der Waals surface area contributed by atoms with Crippen molar-refractivity contribution in [3.05, 3.63) is 120 Å². The summed E-state index contributed by atoms with van der Waals surface area (Å²) in [4.78, 5) is 24.8. The molecule has 0 unspecified atom stereocenters. The molecule has 37 heavy (non-hydrogen) atoms. The summed E-state index contributed by atoms with van der Waals surface area (Å²) in [6, 6.07) is 15.6. The van der Waals surface area contributed by atoms with E-state index in [1.54, 1.807) is 4.90 Å². The molecule has 186 valence electrons. The number of carbonyl (C=O) groups is 1. The van der Waals surface area contributed by atoms with E-state index < -0.39 is 0 Å². The van der Waals surface area contributed by atoms with Gasteiger partial charge in [0.2, 0.25) is 0 Å². The highest BCUT2D eigenvalue weighted by atomic mass is 16.2. The maximum absolute atomic E-state index is 13.5. The van der Waals surface area contributed by atoms with Crippen LogP contribution in [0.4, 0.5) is 11.4 Å². The number of fused-ring (bicyclic) bond motifs is 1. The third-order valence-electron chi connectivity index (χ3n) is 6.98. The smallest absolute Gasteiger partial charge is 0.258 e. The number of allylic oxidation sites excluding steroid dienone is 4. The first-order valence-corrected chi connectivity index (χ1v) is 12.7. The van der Waals surface area contributed by atoms with Crippen molar-refractivity contribution < 1.29 is 4.79 Å². The second-order valence-electron chi connectivity index (χ2n) is 9.61. The third-order valence-corrected chi connectivity index (χ3v) is 6.98. The summed E-state index contributed by atoms with van der Waals surface area (Å²) >= 11 is 0. The normalized spacial score (nSPS) is 17.1. The molecule has 0 saturated carbocycles. The van der Waals surface area contributed by atoms with Crippen molar-refractivity contribution in [2.45, 2.75) is 6.92 Å². The van der Waals surface area contributed by atoms with Crippen LogP contribution < -0.4 is 4.90 Å². The lowest BCUT2D eigenvalue weighted by Crippen LogP contribution is -2.45. The topological polar surface area (TPSA) is 39.2 Å². The van der Waals surface area contributed by atoms with Crippen LogP contribution in [-0.4, -0.2) is 60.7 Å². The van der Waals surface area contributed by atoms with Gasteiger partial charge in [-0.1, -0.05) is 43.5 Å². The Morgan fingerprint density at radius 2 is 1.70 bits per heavy atom. The molecular weight excluding hydrogens is 456 g/mol. The van der Waals surface area contributed by atoms with Crippen LogP contribution in [0.25, 0.3) is 5.57 Å². The van der Waals surface area contributed by atoms with Crippen molar-refractivity contribution >= 4 is 28.6 Å². The summed E-state index contributed by atoms with van der Waals surface area (Å²) in [5.74, 6) is -0.0405. The fourth-order valence-corrected chi connectivity index (χ4v) is 4.80. The van der Waals surface area contributed by atoms with Gasteiger partial charge in [-0.15, -0.1) is 5.73 Å². The summed E-state index contributed by atoms with van der Waals surface area (Å²) in [5.41, 5.74) is 10.4. The first-order chi connectivity index (χ1) is 18.0. The maximum Gasteiger partial charge on any atom is 0.258 e. The maximum atomic E-state index is 13.5. The number of amides is 1. The number of piperazine rings is 1. The number of hydrogen-bond donors (Lipinski definition) is 0. The highest BCUT2D eigenvalue weighted by Gasteiger charge is 2.26. The molecule has 1 amide bonds. The minimum absolute atomic E-state index is 0.0405. The van der Waals surface area contributed by atoms with Crippen LogP contribution in [0.2, 0.25) is 0 Å². The average molecular weight is 489 g/mol. The molecule has 5 heteroatoms. The van der Waals surface area contributed by atoms with E-state index in [1.807, 2.05) is 73.7 Å². The van der Waals surface area contributed by atoms with E-state index in [0.717, 1.165) is 66.5 Å². The molecule has 3 aliphatic rings. The molecule has 2 aromatic carbocycles. The molecule has 2 aliphatic heterocycles. The van der Waals surface area contributed by atoms with E-state index in [2.05, 4.69) is 40.8 Å². The fourth-order valence-electron chi connectivity index (χ4n) is 4.80. The molecular formula is C32H32N4O. The Labute approximate surface area is 219 Å². The number of carbonyl (C=O) groups excluding carboxylic acids is 1. The van der Waals surface area contributed by atoms with Gasteiger partial charge in [-0.3, -0.25) is 9.69 Å². The largest absolute Gasteiger partial charge is 0.369 e. The summed E-state index contributed by atoms with van der Waals surface area (Å²) in [5, 5.41) is 0. The molecule has 0 radical (unpaired) electrons. The average Bonchev–Trinajstić information content (AvgIpc) is 3.22. The fraction of sp³-hybridized carbons (Fsp3) is 0.219. The van der Waals surface area contributed by atoms with Crippen molar-refractivity contribution in [2.75, 3.05) is 44.2 Å². The number of nitrogens with zero attached hydrogens (tertiary/aromatic N) is 4. The number of para-hydroxylation sites is 2. The predicted octanol–water partition coefficient (Wildman–Crippen LogP) is 5.79. The second-order valence-corrected chi connectivity index (χ2v) is 9.61. The molecule has 5 rings (SSSR count). The molecule has 0 bridgehead atoms. The lowest BCUT2D eigenvalue weighted by Gasteiger charge is -2.37. The Hall–Kier alpha value is -4.18. The lowest BCUT2D eigenvalue weighted by atomic mass is 10.0. The minimum atomic E-state index is -0.0405. The standard InChI is InChI=1S/C32H32N4O/c1-24(2)30-23-36(31-13-9-8-12-29(31)33-30)32(37)27-16-14-26(15-17-27)25(3)22-34-18-20-35(21-19-34)28-10-6-4-5-7-11-28/h4,6-17H,1,3,18-23H2,2H3. The van der Waals surface area contributed by atoms with Gasteiger partial charge < -0.3 is 9.80 Å². The van der Waals surface area contributed by atoms with Gasteiger partial charge >= 0.3 is 0 Å². The lowest BCUT2D eigenvalue weighted by molar-refractivity contribution is 0.0990. The molecule has 1 aliphatic carbocycles. The quantitative estimate of drug-likeness (QED) is 0.483. The first-order valence-electron chi connectivity index (χ1n) is 12.7. The Bertz CT molecular complexity index is 1380. The number of benzene rings is 2. The van der Waals surface area contributed by atoms with Crippen molar-refractivity contribution in [2.24, 2.45) is 4.99 Å². The molecule has 5 nitrogen and oxygen atoms in total. The van der Waals surface area contributed by atoms with E-state index in [-0.39, 0.29) is 5.91 Å². The van der Waals surface area contributed by atoms with E-state index >= 15 is 0 Å². The van der Waals surface area contributed by atoms with Crippen LogP contribution in [0.5, 0.6) is 0 Å².